The highest BCUT2D eigenvalue weighted by Crippen LogP contribution is 2.34. The molecule has 0 aromatic heterocycles. The molecule has 7 heteroatoms. The van der Waals surface area contributed by atoms with E-state index in [-0.39, 0.29) is 30.4 Å². The lowest BCUT2D eigenvalue weighted by molar-refractivity contribution is -0.139. The first kappa shape index (κ1) is 22.2. The first-order valence-corrected chi connectivity index (χ1v) is 11.2. The second-order valence-electron chi connectivity index (χ2n) is 7.65. The van der Waals surface area contributed by atoms with Crippen LogP contribution >= 0.6 is 31.9 Å². The summed E-state index contributed by atoms with van der Waals surface area (Å²) in [6.07, 6.45) is 0. The van der Waals surface area contributed by atoms with Crippen molar-refractivity contribution >= 4 is 37.8 Å². The van der Waals surface area contributed by atoms with E-state index in [9.17, 15) is 9.18 Å². The van der Waals surface area contributed by atoms with Gasteiger partial charge in [0.25, 0.3) is 5.91 Å². The van der Waals surface area contributed by atoms with Gasteiger partial charge in [0.2, 0.25) is 0 Å². The van der Waals surface area contributed by atoms with Gasteiger partial charge in [0.05, 0.1) is 8.95 Å². The Kier molecular flexibility index (Phi) is 7.35. The summed E-state index contributed by atoms with van der Waals surface area (Å²) < 4.78 is 20.6. The number of carbonyl (C=O) groups is 1. The molecule has 0 spiro atoms. The SMILES string of the molecule is Cc1cc(Br)c(OCC(=O)N2C[C@@H](C)N(Cc3ccc(F)cc3)C[C@@H]2C)c(Br)c1. The Morgan fingerprint density at radius 1 is 1.10 bits per heavy atom. The van der Waals surface area contributed by atoms with Gasteiger partial charge in [0, 0.05) is 31.7 Å². The maximum atomic E-state index is 13.1. The van der Waals surface area contributed by atoms with E-state index in [0.717, 1.165) is 33.2 Å². The number of nitrogens with zero attached hydrogens (tertiary/aromatic N) is 2. The van der Waals surface area contributed by atoms with Crippen molar-refractivity contribution in [1.29, 1.82) is 0 Å². The number of hydrogen-bond acceptors (Lipinski definition) is 3. The Morgan fingerprint density at radius 3 is 2.34 bits per heavy atom. The molecule has 0 saturated carbocycles. The third-order valence-electron chi connectivity index (χ3n) is 5.22. The summed E-state index contributed by atoms with van der Waals surface area (Å²) in [5.74, 6) is 0.391. The van der Waals surface area contributed by atoms with E-state index in [1.54, 1.807) is 0 Å². The number of rotatable bonds is 5. The summed E-state index contributed by atoms with van der Waals surface area (Å²) in [5.41, 5.74) is 2.17. The molecule has 0 aliphatic carbocycles. The van der Waals surface area contributed by atoms with Crippen LogP contribution in [0.1, 0.15) is 25.0 Å². The van der Waals surface area contributed by atoms with Crippen molar-refractivity contribution in [3.05, 3.63) is 62.3 Å². The zero-order valence-electron chi connectivity index (χ0n) is 16.8. The van der Waals surface area contributed by atoms with Crippen molar-refractivity contribution in [2.75, 3.05) is 19.7 Å². The van der Waals surface area contributed by atoms with Crippen molar-refractivity contribution < 1.29 is 13.9 Å². The lowest BCUT2D eigenvalue weighted by Crippen LogP contribution is -2.58. The van der Waals surface area contributed by atoms with Crippen LogP contribution in [0.25, 0.3) is 0 Å². The standard InChI is InChI=1S/C22H25Br2FN2O2/c1-14-8-19(23)22(20(24)9-14)29-13-21(28)27-11-15(2)26(10-16(27)3)12-17-4-6-18(25)7-5-17/h4-9,15-16H,10-13H2,1-3H3/t15-,16+/m1/s1. The van der Waals surface area contributed by atoms with Gasteiger partial charge in [-0.3, -0.25) is 9.69 Å². The molecule has 2 aromatic rings. The fourth-order valence-corrected chi connectivity index (χ4v) is 5.28. The van der Waals surface area contributed by atoms with E-state index in [2.05, 4.69) is 50.6 Å². The van der Waals surface area contributed by atoms with Gasteiger partial charge in [-0.25, -0.2) is 4.39 Å². The van der Waals surface area contributed by atoms with Gasteiger partial charge in [0.1, 0.15) is 11.6 Å². The van der Waals surface area contributed by atoms with Crippen LogP contribution in [-0.2, 0) is 11.3 Å². The summed E-state index contributed by atoms with van der Waals surface area (Å²) in [7, 11) is 0. The number of benzene rings is 2. The number of amides is 1. The first-order valence-electron chi connectivity index (χ1n) is 9.61. The first-order chi connectivity index (χ1) is 13.7. The molecule has 1 aliphatic heterocycles. The highest BCUT2D eigenvalue weighted by Gasteiger charge is 2.32. The van der Waals surface area contributed by atoms with E-state index in [0.29, 0.717) is 12.3 Å². The molecule has 1 amide bonds. The molecule has 0 unspecified atom stereocenters. The molecular formula is C22H25Br2FN2O2. The van der Waals surface area contributed by atoms with Crippen LogP contribution in [0.5, 0.6) is 5.75 Å². The minimum atomic E-state index is -0.225. The summed E-state index contributed by atoms with van der Waals surface area (Å²) in [6, 6.07) is 10.8. The van der Waals surface area contributed by atoms with Crippen LogP contribution in [0.4, 0.5) is 4.39 Å². The minimum absolute atomic E-state index is 0.00468. The van der Waals surface area contributed by atoms with Crippen LogP contribution in [0.15, 0.2) is 45.3 Å². The molecule has 1 fully saturated rings. The summed E-state index contributed by atoms with van der Waals surface area (Å²) in [4.78, 5) is 17.0. The summed E-state index contributed by atoms with van der Waals surface area (Å²) in [5, 5.41) is 0. The average Bonchev–Trinajstić information content (AvgIpc) is 2.65. The predicted octanol–water partition coefficient (Wildman–Crippen LogP) is 5.16. The number of halogens is 3. The van der Waals surface area contributed by atoms with Gasteiger partial charge in [-0.2, -0.15) is 0 Å². The maximum absolute atomic E-state index is 13.1. The monoisotopic (exact) mass is 526 g/mol. The molecule has 1 aliphatic rings. The maximum Gasteiger partial charge on any atom is 0.260 e. The number of piperazine rings is 1. The Bertz CT molecular complexity index is 853. The summed E-state index contributed by atoms with van der Waals surface area (Å²) >= 11 is 7.00. The van der Waals surface area contributed by atoms with Crippen LogP contribution in [0.3, 0.4) is 0 Å². The molecule has 156 valence electrons. The lowest BCUT2D eigenvalue weighted by Gasteiger charge is -2.44. The fourth-order valence-electron chi connectivity index (χ4n) is 3.63. The largest absolute Gasteiger partial charge is 0.481 e. The van der Waals surface area contributed by atoms with E-state index in [1.165, 1.54) is 12.1 Å². The van der Waals surface area contributed by atoms with Crippen molar-refractivity contribution in [3.8, 4) is 5.75 Å². The molecule has 2 aromatic carbocycles. The number of hydrogen-bond donors (Lipinski definition) is 0. The highest BCUT2D eigenvalue weighted by atomic mass is 79.9. The molecule has 0 bridgehead atoms. The normalized spacial score (nSPS) is 20.0. The predicted molar refractivity (Wildman–Crippen MR) is 120 cm³/mol. The van der Waals surface area contributed by atoms with Crippen LogP contribution in [0.2, 0.25) is 0 Å². The topological polar surface area (TPSA) is 32.8 Å². The van der Waals surface area contributed by atoms with Gasteiger partial charge in [0.15, 0.2) is 6.61 Å². The van der Waals surface area contributed by atoms with Crippen molar-refractivity contribution in [3.63, 3.8) is 0 Å². The van der Waals surface area contributed by atoms with Crippen LogP contribution in [-0.4, -0.2) is 47.5 Å². The van der Waals surface area contributed by atoms with Crippen molar-refractivity contribution in [2.45, 2.75) is 39.4 Å². The minimum Gasteiger partial charge on any atom is -0.481 e. The fraction of sp³-hybridized carbons (Fsp3) is 0.409. The van der Waals surface area contributed by atoms with Crippen LogP contribution < -0.4 is 4.74 Å². The molecule has 0 radical (unpaired) electrons. The molecule has 0 N–H and O–H groups in total. The molecule has 1 heterocycles. The number of aryl methyl sites for hydroxylation is 1. The third kappa shape index (κ3) is 5.58. The Hall–Kier alpha value is -1.44. The number of carbonyl (C=O) groups excluding carboxylic acids is 1. The number of ether oxygens (including phenoxy) is 1. The molecule has 1 saturated heterocycles. The van der Waals surface area contributed by atoms with E-state index in [4.69, 9.17) is 4.74 Å². The van der Waals surface area contributed by atoms with Gasteiger partial charge in [-0.1, -0.05) is 12.1 Å². The van der Waals surface area contributed by atoms with Crippen molar-refractivity contribution in [1.82, 2.24) is 9.80 Å². The van der Waals surface area contributed by atoms with E-state index < -0.39 is 0 Å². The smallest absolute Gasteiger partial charge is 0.260 e. The second-order valence-corrected chi connectivity index (χ2v) is 9.36. The molecule has 29 heavy (non-hydrogen) atoms. The molecule has 4 nitrogen and oxygen atoms in total. The van der Waals surface area contributed by atoms with Crippen LogP contribution in [0, 0.1) is 12.7 Å². The Labute approximate surface area is 188 Å². The van der Waals surface area contributed by atoms with Gasteiger partial charge in [-0.15, -0.1) is 0 Å². The van der Waals surface area contributed by atoms with Gasteiger partial charge >= 0.3 is 0 Å². The lowest BCUT2D eigenvalue weighted by atomic mass is 10.1. The van der Waals surface area contributed by atoms with Crippen molar-refractivity contribution in [2.24, 2.45) is 0 Å². The van der Waals surface area contributed by atoms with Gasteiger partial charge < -0.3 is 9.64 Å². The molecule has 2 atom stereocenters. The highest BCUT2D eigenvalue weighted by molar-refractivity contribution is 9.11. The second kappa shape index (κ2) is 9.58. The molecular weight excluding hydrogens is 503 g/mol. The Morgan fingerprint density at radius 2 is 1.72 bits per heavy atom. The average molecular weight is 528 g/mol. The summed E-state index contributed by atoms with van der Waals surface area (Å²) in [6.45, 7) is 8.31. The zero-order chi connectivity index (χ0) is 21.1. The van der Waals surface area contributed by atoms with Gasteiger partial charge in [-0.05, 0) is 88.0 Å². The van der Waals surface area contributed by atoms with E-state index in [1.807, 2.05) is 36.1 Å². The molecule has 3 rings (SSSR count). The zero-order valence-corrected chi connectivity index (χ0v) is 20.0. The Balaban J connectivity index is 1.59. The van der Waals surface area contributed by atoms with E-state index >= 15 is 0 Å². The quantitative estimate of drug-likeness (QED) is 0.538. The third-order valence-corrected chi connectivity index (χ3v) is 6.40.